The molecule has 2 aromatic carbocycles. The summed E-state index contributed by atoms with van der Waals surface area (Å²) in [5, 5.41) is 0.865. The van der Waals surface area contributed by atoms with Crippen LogP contribution in [0.2, 0.25) is 0 Å². The summed E-state index contributed by atoms with van der Waals surface area (Å²) >= 11 is 0. The van der Waals surface area contributed by atoms with Gasteiger partial charge in [0.15, 0.2) is 5.78 Å². The predicted octanol–water partition coefficient (Wildman–Crippen LogP) is 4.04. The molecule has 0 unspecified atom stereocenters. The SMILES string of the molecule is Cc1ncc(CCC(=O)c2c(-c3ccccc3)c3ccccc3[nH]c2=O)[nH]1. The zero-order valence-electron chi connectivity index (χ0n) is 15.0. The zero-order chi connectivity index (χ0) is 18.8. The first-order valence-electron chi connectivity index (χ1n) is 8.87. The van der Waals surface area contributed by atoms with Crippen molar-refractivity contribution in [1.82, 2.24) is 15.0 Å². The standard InChI is InChI=1S/C22H19N3O2/c1-14-23-13-16(24-14)11-12-19(26)21-20(15-7-3-2-4-8-15)17-9-5-6-10-18(17)25-22(21)27/h2-10,13H,11-12H2,1H3,(H,23,24)(H,25,27). The third-order valence-corrected chi connectivity index (χ3v) is 4.64. The number of carbonyl (C=O) groups excluding carboxylic acids is 1. The summed E-state index contributed by atoms with van der Waals surface area (Å²) in [5.41, 5.74) is 3.04. The van der Waals surface area contributed by atoms with Crippen LogP contribution in [0.3, 0.4) is 0 Å². The molecule has 2 aromatic heterocycles. The Morgan fingerprint density at radius 3 is 2.48 bits per heavy atom. The fraction of sp³-hybridized carbons (Fsp3) is 0.136. The fourth-order valence-corrected chi connectivity index (χ4v) is 3.39. The normalized spacial score (nSPS) is 11.0. The Kier molecular flexibility index (Phi) is 4.42. The van der Waals surface area contributed by atoms with Crippen molar-refractivity contribution in [3.05, 3.63) is 88.2 Å². The van der Waals surface area contributed by atoms with E-state index in [0.717, 1.165) is 28.0 Å². The smallest absolute Gasteiger partial charge is 0.259 e. The van der Waals surface area contributed by atoms with Crippen LogP contribution in [0.5, 0.6) is 0 Å². The molecule has 2 N–H and O–H groups in total. The third-order valence-electron chi connectivity index (χ3n) is 4.64. The molecule has 134 valence electrons. The number of ketones is 1. The number of para-hydroxylation sites is 1. The summed E-state index contributed by atoms with van der Waals surface area (Å²) in [4.78, 5) is 36.0. The van der Waals surface area contributed by atoms with E-state index in [1.165, 1.54) is 0 Å². The van der Waals surface area contributed by atoms with Crippen LogP contribution in [-0.4, -0.2) is 20.7 Å². The number of hydrogen-bond acceptors (Lipinski definition) is 3. The van der Waals surface area contributed by atoms with Crippen molar-refractivity contribution in [1.29, 1.82) is 0 Å². The van der Waals surface area contributed by atoms with Crippen LogP contribution in [0.4, 0.5) is 0 Å². The van der Waals surface area contributed by atoms with E-state index in [9.17, 15) is 9.59 Å². The van der Waals surface area contributed by atoms with E-state index >= 15 is 0 Å². The number of nitrogens with one attached hydrogen (secondary N) is 2. The molecule has 0 aliphatic carbocycles. The number of carbonyl (C=O) groups is 1. The first-order chi connectivity index (χ1) is 13.1. The molecule has 4 rings (SSSR count). The Labute approximate surface area is 156 Å². The maximum Gasteiger partial charge on any atom is 0.259 e. The molecule has 5 heteroatoms. The van der Waals surface area contributed by atoms with Crippen molar-refractivity contribution in [3.63, 3.8) is 0 Å². The lowest BCUT2D eigenvalue weighted by atomic mass is 9.92. The lowest BCUT2D eigenvalue weighted by Gasteiger charge is -2.12. The van der Waals surface area contributed by atoms with Crippen LogP contribution in [0, 0.1) is 6.92 Å². The Balaban J connectivity index is 1.82. The molecule has 0 fully saturated rings. The van der Waals surface area contributed by atoms with Gasteiger partial charge >= 0.3 is 0 Å². The average Bonchev–Trinajstić information content (AvgIpc) is 3.11. The highest BCUT2D eigenvalue weighted by Crippen LogP contribution is 2.30. The quantitative estimate of drug-likeness (QED) is 0.529. The summed E-state index contributed by atoms with van der Waals surface area (Å²) in [6.45, 7) is 1.87. The maximum atomic E-state index is 13.0. The molecule has 0 bridgehead atoms. The van der Waals surface area contributed by atoms with E-state index in [-0.39, 0.29) is 23.3 Å². The molecule has 0 radical (unpaired) electrons. The van der Waals surface area contributed by atoms with Gasteiger partial charge in [-0.05, 0) is 25.0 Å². The monoisotopic (exact) mass is 357 g/mol. The van der Waals surface area contributed by atoms with Gasteiger partial charge in [-0.15, -0.1) is 0 Å². The first kappa shape index (κ1) is 17.0. The lowest BCUT2D eigenvalue weighted by molar-refractivity contribution is 0.0982. The number of Topliss-reactive ketones (excluding diaryl/α,β-unsaturated/α-hetero) is 1. The molecule has 0 atom stereocenters. The number of aromatic nitrogens is 3. The Hall–Kier alpha value is -3.47. The van der Waals surface area contributed by atoms with Gasteiger partial charge in [-0.2, -0.15) is 0 Å². The van der Waals surface area contributed by atoms with E-state index < -0.39 is 0 Å². The molecular formula is C22H19N3O2. The zero-order valence-corrected chi connectivity index (χ0v) is 15.0. The van der Waals surface area contributed by atoms with Crippen LogP contribution in [0.25, 0.3) is 22.0 Å². The van der Waals surface area contributed by atoms with E-state index in [4.69, 9.17) is 0 Å². The number of imidazole rings is 1. The maximum absolute atomic E-state index is 13.0. The number of fused-ring (bicyclic) bond motifs is 1. The number of H-pyrrole nitrogens is 2. The van der Waals surface area contributed by atoms with Crippen molar-refractivity contribution in [2.24, 2.45) is 0 Å². The minimum absolute atomic E-state index is 0.173. The Morgan fingerprint density at radius 2 is 1.74 bits per heavy atom. The lowest BCUT2D eigenvalue weighted by Crippen LogP contribution is -2.20. The van der Waals surface area contributed by atoms with Gasteiger partial charge in [0.25, 0.3) is 5.56 Å². The van der Waals surface area contributed by atoms with E-state index in [0.29, 0.717) is 12.0 Å². The van der Waals surface area contributed by atoms with Gasteiger partial charge in [0.1, 0.15) is 5.82 Å². The van der Waals surface area contributed by atoms with Gasteiger partial charge in [-0.1, -0.05) is 48.5 Å². The Bertz CT molecular complexity index is 1170. The number of nitrogens with zero attached hydrogens (tertiary/aromatic N) is 1. The van der Waals surface area contributed by atoms with Crippen LogP contribution < -0.4 is 5.56 Å². The number of aromatic amines is 2. The van der Waals surface area contributed by atoms with Crippen LogP contribution in [0.1, 0.15) is 28.3 Å². The summed E-state index contributed by atoms with van der Waals surface area (Å²) in [6.07, 6.45) is 2.48. The van der Waals surface area contributed by atoms with Crippen LogP contribution in [0.15, 0.2) is 65.6 Å². The molecule has 27 heavy (non-hydrogen) atoms. The van der Waals surface area contributed by atoms with Gasteiger partial charge in [-0.25, -0.2) is 4.98 Å². The molecule has 0 amide bonds. The molecule has 4 aromatic rings. The van der Waals surface area contributed by atoms with Gasteiger partial charge in [0.05, 0.1) is 5.56 Å². The summed E-state index contributed by atoms with van der Waals surface area (Å²) in [5.74, 6) is 0.638. The van der Waals surface area contributed by atoms with E-state index in [1.54, 1.807) is 6.20 Å². The first-order valence-corrected chi connectivity index (χ1v) is 8.87. The second kappa shape index (κ2) is 7.03. The van der Waals surface area contributed by atoms with Gasteiger partial charge in [0.2, 0.25) is 0 Å². The highest BCUT2D eigenvalue weighted by molar-refractivity contribution is 6.09. The minimum atomic E-state index is -0.349. The number of rotatable bonds is 5. The van der Waals surface area contributed by atoms with E-state index in [2.05, 4.69) is 15.0 Å². The molecular weight excluding hydrogens is 338 g/mol. The molecule has 0 saturated heterocycles. The second-order valence-electron chi connectivity index (χ2n) is 6.53. The third kappa shape index (κ3) is 3.31. The van der Waals surface area contributed by atoms with E-state index in [1.807, 2.05) is 61.5 Å². The molecule has 0 spiro atoms. The van der Waals surface area contributed by atoms with Crippen molar-refractivity contribution >= 4 is 16.7 Å². The molecule has 0 aliphatic rings. The fourth-order valence-electron chi connectivity index (χ4n) is 3.39. The molecule has 0 aliphatic heterocycles. The van der Waals surface area contributed by atoms with Gasteiger partial charge in [-0.3, -0.25) is 9.59 Å². The number of benzene rings is 2. The number of aryl methyl sites for hydroxylation is 2. The van der Waals surface area contributed by atoms with Crippen molar-refractivity contribution in [3.8, 4) is 11.1 Å². The summed E-state index contributed by atoms with van der Waals surface area (Å²) in [7, 11) is 0. The summed E-state index contributed by atoms with van der Waals surface area (Å²) < 4.78 is 0. The summed E-state index contributed by atoms with van der Waals surface area (Å²) in [6, 6.07) is 17.2. The van der Waals surface area contributed by atoms with Crippen LogP contribution >= 0.6 is 0 Å². The van der Waals surface area contributed by atoms with Gasteiger partial charge in [0, 0.05) is 34.8 Å². The van der Waals surface area contributed by atoms with Crippen molar-refractivity contribution < 1.29 is 4.79 Å². The average molecular weight is 357 g/mol. The topological polar surface area (TPSA) is 78.6 Å². The number of hydrogen-bond donors (Lipinski definition) is 2. The minimum Gasteiger partial charge on any atom is -0.346 e. The number of pyridine rings is 1. The van der Waals surface area contributed by atoms with Crippen LogP contribution in [-0.2, 0) is 6.42 Å². The van der Waals surface area contributed by atoms with Crippen molar-refractivity contribution in [2.75, 3.05) is 0 Å². The molecule has 2 heterocycles. The predicted molar refractivity (Wildman–Crippen MR) is 106 cm³/mol. The van der Waals surface area contributed by atoms with Gasteiger partial charge < -0.3 is 9.97 Å². The molecule has 5 nitrogen and oxygen atoms in total. The Morgan fingerprint density at radius 1 is 1.00 bits per heavy atom. The second-order valence-corrected chi connectivity index (χ2v) is 6.53. The highest BCUT2D eigenvalue weighted by Gasteiger charge is 2.20. The molecule has 0 saturated carbocycles. The van der Waals surface area contributed by atoms with Crippen molar-refractivity contribution in [2.45, 2.75) is 19.8 Å². The largest absolute Gasteiger partial charge is 0.346 e. The highest BCUT2D eigenvalue weighted by atomic mass is 16.1.